The van der Waals surface area contributed by atoms with Crippen LogP contribution in [-0.2, 0) is 6.42 Å². The standard InChI is InChI=1S/C15H12F2N2O/c1-20-11-4-2-9-3-5-12(15(16)17)14(13(9)6-11)10(7-18)8-19/h2,4,6,12,15H,3,5H2,1H3. The molecule has 1 unspecified atom stereocenters. The minimum Gasteiger partial charge on any atom is -0.497 e. The molecule has 0 radical (unpaired) electrons. The van der Waals surface area contributed by atoms with E-state index in [9.17, 15) is 8.78 Å². The van der Waals surface area contributed by atoms with E-state index in [0.717, 1.165) is 5.56 Å². The Morgan fingerprint density at radius 3 is 2.60 bits per heavy atom. The molecule has 0 amide bonds. The van der Waals surface area contributed by atoms with Gasteiger partial charge in [0, 0.05) is 5.92 Å². The molecule has 0 aromatic heterocycles. The molecule has 0 spiro atoms. The third kappa shape index (κ3) is 2.35. The first-order valence-corrected chi connectivity index (χ1v) is 6.12. The van der Waals surface area contributed by atoms with E-state index in [2.05, 4.69) is 0 Å². The van der Waals surface area contributed by atoms with E-state index in [1.165, 1.54) is 7.11 Å². The Morgan fingerprint density at radius 1 is 1.35 bits per heavy atom. The first-order valence-electron chi connectivity index (χ1n) is 6.12. The van der Waals surface area contributed by atoms with Crippen molar-refractivity contribution in [2.75, 3.05) is 7.11 Å². The summed E-state index contributed by atoms with van der Waals surface area (Å²) in [5.74, 6) is -0.560. The Kier molecular flexibility index (Phi) is 4.00. The molecule has 0 saturated heterocycles. The maximum absolute atomic E-state index is 13.2. The highest BCUT2D eigenvalue weighted by atomic mass is 19.3. The van der Waals surface area contributed by atoms with Crippen LogP contribution in [0.15, 0.2) is 23.8 Å². The zero-order valence-electron chi connectivity index (χ0n) is 10.9. The molecule has 5 heteroatoms. The molecule has 0 bridgehead atoms. The molecular weight excluding hydrogens is 262 g/mol. The average molecular weight is 274 g/mol. The topological polar surface area (TPSA) is 56.8 Å². The van der Waals surface area contributed by atoms with Crippen molar-refractivity contribution >= 4 is 5.57 Å². The van der Waals surface area contributed by atoms with E-state index < -0.39 is 12.3 Å². The summed E-state index contributed by atoms with van der Waals surface area (Å²) in [6.45, 7) is 0. The largest absolute Gasteiger partial charge is 0.497 e. The summed E-state index contributed by atoms with van der Waals surface area (Å²) in [5, 5.41) is 18.0. The van der Waals surface area contributed by atoms with E-state index in [1.807, 2.05) is 0 Å². The highest BCUT2D eigenvalue weighted by molar-refractivity contribution is 5.80. The van der Waals surface area contributed by atoms with Crippen LogP contribution in [0.25, 0.3) is 5.57 Å². The number of ether oxygens (including phenoxy) is 1. The van der Waals surface area contributed by atoms with Crippen LogP contribution >= 0.6 is 0 Å². The molecule has 2 rings (SSSR count). The Bertz CT molecular complexity index is 622. The average Bonchev–Trinajstić information content (AvgIpc) is 2.47. The van der Waals surface area contributed by atoms with Crippen LogP contribution in [0.4, 0.5) is 8.78 Å². The number of nitrogens with zero attached hydrogens (tertiary/aromatic N) is 2. The summed E-state index contributed by atoms with van der Waals surface area (Å²) in [5.41, 5.74) is 1.29. The molecule has 1 atom stereocenters. The fraction of sp³-hybridized carbons (Fsp3) is 0.333. The first-order chi connectivity index (χ1) is 9.62. The van der Waals surface area contributed by atoms with Gasteiger partial charge in [0.05, 0.1) is 7.11 Å². The minimum atomic E-state index is -2.60. The number of alkyl halides is 2. The maximum Gasteiger partial charge on any atom is 0.245 e. The van der Waals surface area contributed by atoms with Gasteiger partial charge in [-0.2, -0.15) is 10.5 Å². The minimum absolute atomic E-state index is 0.144. The van der Waals surface area contributed by atoms with Crippen molar-refractivity contribution in [3.63, 3.8) is 0 Å². The molecular formula is C15H12F2N2O. The fourth-order valence-electron chi connectivity index (χ4n) is 2.52. The number of nitriles is 2. The third-order valence-electron chi connectivity index (χ3n) is 3.50. The van der Waals surface area contributed by atoms with E-state index in [4.69, 9.17) is 15.3 Å². The lowest BCUT2D eigenvalue weighted by molar-refractivity contribution is 0.0991. The summed E-state index contributed by atoms with van der Waals surface area (Å²) < 4.78 is 31.5. The zero-order chi connectivity index (χ0) is 14.7. The molecule has 0 saturated carbocycles. The molecule has 1 aromatic carbocycles. The number of hydrogen-bond donors (Lipinski definition) is 0. The number of halogens is 2. The van der Waals surface area contributed by atoms with Crippen LogP contribution in [0.1, 0.15) is 17.5 Å². The van der Waals surface area contributed by atoms with Crippen molar-refractivity contribution in [2.24, 2.45) is 5.92 Å². The normalized spacial score (nSPS) is 17.1. The Balaban J connectivity index is 2.69. The van der Waals surface area contributed by atoms with Crippen LogP contribution in [0.5, 0.6) is 5.75 Å². The van der Waals surface area contributed by atoms with Crippen molar-refractivity contribution < 1.29 is 13.5 Å². The van der Waals surface area contributed by atoms with Crippen LogP contribution < -0.4 is 4.74 Å². The van der Waals surface area contributed by atoms with Gasteiger partial charge in [0.1, 0.15) is 23.5 Å². The second kappa shape index (κ2) is 5.71. The molecule has 0 N–H and O–H groups in total. The summed E-state index contributed by atoms with van der Waals surface area (Å²) in [4.78, 5) is 0. The number of fused-ring (bicyclic) bond motifs is 1. The summed E-state index contributed by atoms with van der Waals surface area (Å²) in [6, 6.07) is 8.62. The number of benzene rings is 1. The molecule has 3 nitrogen and oxygen atoms in total. The molecule has 1 aromatic rings. The molecule has 0 fully saturated rings. The van der Waals surface area contributed by atoms with Crippen molar-refractivity contribution in [3.05, 3.63) is 34.9 Å². The number of aryl methyl sites for hydroxylation is 1. The van der Waals surface area contributed by atoms with Gasteiger partial charge >= 0.3 is 0 Å². The van der Waals surface area contributed by atoms with Gasteiger partial charge in [0.2, 0.25) is 6.43 Å². The number of rotatable bonds is 2. The predicted molar refractivity (Wildman–Crippen MR) is 69.0 cm³/mol. The van der Waals surface area contributed by atoms with E-state index >= 15 is 0 Å². The fourth-order valence-corrected chi connectivity index (χ4v) is 2.52. The lowest BCUT2D eigenvalue weighted by Gasteiger charge is -2.27. The van der Waals surface area contributed by atoms with Crippen molar-refractivity contribution in [1.29, 1.82) is 10.5 Å². The van der Waals surface area contributed by atoms with E-state index in [1.54, 1.807) is 30.3 Å². The third-order valence-corrected chi connectivity index (χ3v) is 3.50. The first kappa shape index (κ1) is 14.0. The highest BCUT2D eigenvalue weighted by Gasteiger charge is 2.33. The quantitative estimate of drug-likeness (QED) is 0.777. The van der Waals surface area contributed by atoms with Crippen LogP contribution in [0.3, 0.4) is 0 Å². The second-order valence-electron chi connectivity index (χ2n) is 4.51. The molecule has 1 aliphatic carbocycles. The van der Waals surface area contributed by atoms with E-state index in [0.29, 0.717) is 17.7 Å². The van der Waals surface area contributed by atoms with Crippen molar-refractivity contribution in [3.8, 4) is 17.9 Å². The van der Waals surface area contributed by atoms with Gasteiger partial charge in [-0.25, -0.2) is 8.78 Å². The highest BCUT2D eigenvalue weighted by Crippen LogP contribution is 2.41. The molecule has 20 heavy (non-hydrogen) atoms. The maximum atomic E-state index is 13.2. The van der Waals surface area contributed by atoms with Gasteiger partial charge in [-0.05, 0) is 41.7 Å². The predicted octanol–water partition coefficient (Wildman–Crippen LogP) is 3.32. The van der Waals surface area contributed by atoms with Crippen LogP contribution in [-0.4, -0.2) is 13.5 Å². The van der Waals surface area contributed by atoms with Gasteiger partial charge in [0.25, 0.3) is 0 Å². The smallest absolute Gasteiger partial charge is 0.245 e. The summed E-state index contributed by atoms with van der Waals surface area (Å²) >= 11 is 0. The lowest BCUT2D eigenvalue weighted by atomic mass is 9.77. The lowest BCUT2D eigenvalue weighted by Crippen LogP contribution is -2.21. The Labute approximate surface area is 115 Å². The Hall–Kier alpha value is -2.40. The van der Waals surface area contributed by atoms with Gasteiger partial charge in [-0.1, -0.05) is 6.07 Å². The number of methoxy groups -OCH3 is 1. The summed E-state index contributed by atoms with van der Waals surface area (Å²) in [7, 11) is 1.48. The van der Waals surface area contributed by atoms with Gasteiger partial charge < -0.3 is 4.74 Å². The number of hydrogen-bond acceptors (Lipinski definition) is 3. The zero-order valence-corrected chi connectivity index (χ0v) is 10.9. The van der Waals surface area contributed by atoms with Crippen LogP contribution in [0.2, 0.25) is 0 Å². The van der Waals surface area contributed by atoms with Gasteiger partial charge in [-0.3, -0.25) is 0 Å². The molecule has 102 valence electrons. The molecule has 0 heterocycles. The molecule has 0 aliphatic heterocycles. The van der Waals surface area contributed by atoms with Gasteiger partial charge in [0.15, 0.2) is 0 Å². The second-order valence-corrected chi connectivity index (χ2v) is 4.51. The van der Waals surface area contributed by atoms with E-state index in [-0.39, 0.29) is 17.6 Å². The molecule has 1 aliphatic rings. The SMILES string of the molecule is COc1ccc2c(c1)C(=C(C#N)C#N)C(C(F)F)CC2. The van der Waals surface area contributed by atoms with Crippen molar-refractivity contribution in [2.45, 2.75) is 19.3 Å². The monoisotopic (exact) mass is 274 g/mol. The summed E-state index contributed by atoms with van der Waals surface area (Å²) in [6.07, 6.45) is -1.86. The van der Waals surface area contributed by atoms with Crippen molar-refractivity contribution in [1.82, 2.24) is 0 Å². The Morgan fingerprint density at radius 2 is 2.05 bits per heavy atom. The number of allylic oxidation sites excluding steroid dienone is 2. The van der Waals surface area contributed by atoms with Crippen LogP contribution in [0, 0.1) is 28.6 Å². The van der Waals surface area contributed by atoms with Gasteiger partial charge in [-0.15, -0.1) is 0 Å².